The highest BCUT2D eigenvalue weighted by Crippen LogP contribution is 2.38. The number of amides is 2. The Hall–Kier alpha value is -1.76. The monoisotopic (exact) mass is 387 g/mol. The summed E-state index contributed by atoms with van der Waals surface area (Å²) >= 11 is 0. The third-order valence-corrected chi connectivity index (χ3v) is 5.65. The zero-order chi connectivity index (χ0) is 18.5. The first-order chi connectivity index (χ1) is 12.3. The van der Waals surface area contributed by atoms with Crippen molar-refractivity contribution >= 4 is 16.4 Å². The number of piperidine rings is 1. The van der Waals surface area contributed by atoms with Crippen molar-refractivity contribution in [3.8, 4) is 0 Å². The van der Waals surface area contributed by atoms with Crippen molar-refractivity contribution in [1.29, 1.82) is 0 Å². The summed E-state index contributed by atoms with van der Waals surface area (Å²) in [6.07, 6.45) is 4.71. The molecular formula is C14H21N5O6S. The maximum Gasteiger partial charge on any atom is 0.418 e. The Kier molecular flexibility index (Phi) is 4.37. The maximum atomic E-state index is 12.4. The van der Waals surface area contributed by atoms with Gasteiger partial charge < -0.3 is 15.1 Å². The van der Waals surface area contributed by atoms with E-state index in [1.165, 1.54) is 4.90 Å². The van der Waals surface area contributed by atoms with E-state index in [4.69, 9.17) is 14.7 Å². The van der Waals surface area contributed by atoms with Gasteiger partial charge in [0.2, 0.25) is 11.8 Å². The van der Waals surface area contributed by atoms with Gasteiger partial charge in [0, 0.05) is 19.0 Å². The molecule has 0 aromatic carbocycles. The fourth-order valence-corrected chi connectivity index (χ4v) is 4.33. The van der Waals surface area contributed by atoms with Crippen LogP contribution < -0.4 is 5.73 Å². The molecule has 1 aliphatic carbocycles. The Balaban J connectivity index is 1.40. The van der Waals surface area contributed by atoms with Crippen LogP contribution in [-0.2, 0) is 21.1 Å². The lowest BCUT2D eigenvalue weighted by molar-refractivity contribution is -0.0317. The van der Waals surface area contributed by atoms with Gasteiger partial charge in [-0.15, -0.1) is 14.5 Å². The number of fused-ring (bicyclic) bond motifs is 2. The number of hydroxylamine groups is 2. The Morgan fingerprint density at radius 1 is 1.31 bits per heavy atom. The molecule has 1 aromatic rings. The van der Waals surface area contributed by atoms with Gasteiger partial charge in [-0.25, -0.2) is 4.79 Å². The highest BCUT2D eigenvalue weighted by atomic mass is 32.3. The van der Waals surface area contributed by atoms with Crippen LogP contribution in [0, 0.1) is 5.92 Å². The van der Waals surface area contributed by atoms with Crippen LogP contribution in [0.25, 0.3) is 0 Å². The van der Waals surface area contributed by atoms with E-state index in [0.717, 1.165) is 19.3 Å². The minimum absolute atomic E-state index is 0.274. The van der Waals surface area contributed by atoms with E-state index < -0.39 is 28.5 Å². The van der Waals surface area contributed by atoms with Gasteiger partial charge in [-0.05, 0) is 38.0 Å². The molecular weight excluding hydrogens is 366 g/mol. The van der Waals surface area contributed by atoms with E-state index in [2.05, 4.69) is 14.5 Å². The molecule has 144 valence electrons. The zero-order valence-electron chi connectivity index (χ0n) is 14.0. The average Bonchev–Trinajstić information content (AvgIpc) is 3.10. The Morgan fingerprint density at radius 2 is 2.08 bits per heavy atom. The molecule has 26 heavy (non-hydrogen) atoms. The van der Waals surface area contributed by atoms with Crippen LogP contribution >= 0.6 is 0 Å². The summed E-state index contributed by atoms with van der Waals surface area (Å²) in [4.78, 5) is 13.8. The van der Waals surface area contributed by atoms with Crippen LogP contribution in [0.15, 0.2) is 4.42 Å². The number of nitrogens with two attached hydrogens (primary N) is 1. The lowest BCUT2D eigenvalue weighted by atomic mass is 9.78. The van der Waals surface area contributed by atoms with Gasteiger partial charge in [-0.2, -0.15) is 13.5 Å². The quantitative estimate of drug-likeness (QED) is 0.661. The molecule has 1 aromatic heterocycles. The summed E-state index contributed by atoms with van der Waals surface area (Å²) in [7, 11) is -4.76. The van der Waals surface area contributed by atoms with Crippen LogP contribution in [0.1, 0.15) is 49.9 Å². The van der Waals surface area contributed by atoms with Gasteiger partial charge in [0.15, 0.2) is 0 Å². The van der Waals surface area contributed by atoms with Crippen molar-refractivity contribution in [3.63, 3.8) is 0 Å². The average molecular weight is 387 g/mol. The first-order valence-corrected chi connectivity index (χ1v) is 10.0. The summed E-state index contributed by atoms with van der Waals surface area (Å²) in [5.41, 5.74) is 5.78. The van der Waals surface area contributed by atoms with Crippen molar-refractivity contribution in [2.75, 3.05) is 6.54 Å². The van der Waals surface area contributed by atoms with E-state index >= 15 is 0 Å². The zero-order valence-corrected chi connectivity index (χ0v) is 14.8. The van der Waals surface area contributed by atoms with E-state index in [1.54, 1.807) is 0 Å². The summed E-state index contributed by atoms with van der Waals surface area (Å²) in [5.74, 6) is 1.47. The molecule has 2 amide bonds. The van der Waals surface area contributed by atoms with Gasteiger partial charge >= 0.3 is 16.4 Å². The van der Waals surface area contributed by atoms with Crippen LogP contribution in [0.2, 0.25) is 0 Å². The van der Waals surface area contributed by atoms with Crippen molar-refractivity contribution in [1.82, 2.24) is 20.2 Å². The number of aromatic nitrogens is 2. The van der Waals surface area contributed by atoms with Crippen molar-refractivity contribution in [2.24, 2.45) is 11.7 Å². The lowest BCUT2D eigenvalue weighted by Crippen LogP contribution is -2.36. The molecule has 1 saturated carbocycles. The van der Waals surface area contributed by atoms with Crippen molar-refractivity contribution in [2.45, 2.75) is 56.7 Å². The van der Waals surface area contributed by atoms with Gasteiger partial charge in [0.05, 0.1) is 6.04 Å². The topological polar surface area (TPSA) is 152 Å². The highest BCUT2D eigenvalue weighted by Gasteiger charge is 2.49. The Morgan fingerprint density at radius 3 is 2.77 bits per heavy atom. The first kappa shape index (κ1) is 17.6. The summed E-state index contributed by atoms with van der Waals surface area (Å²) in [6, 6.07) is -1.20. The molecule has 2 saturated heterocycles. The van der Waals surface area contributed by atoms with Crippen molar-refractivity contribution < 1.29 is 26.5 Å². The van der Waals surface area contributed by atoms with E-state index in [1.807, 2.05) is 0 Å². The third kappa shape index (κ3) is 3.41. The number of aryl methyl sites for hydroxylation is 1. The van der Waals surface area contributed by atoms with E-state index in [-0.39, 0.29) is 6.54 Å². The van der Waals surface area contributed by atoms with Crippen LogP contribution in [-0.4, -0.2) is 57.8 Å². The SMILES string of the molecule is NC1CC(CCc2nnc([C@@H]3CC[C@@H]4CN3C(=O)N4OS(=O)(=O)O)o2)C1. The molecule has 4 rings (SSSR count). The van der Waals surface area contributed by atoms with Crippen LogP contribution in [0.4, 0.5) is 4.79 Å². The molecule has 12 heteroatoms. The molecule has 3 aliphatic rings. The number of rotatable bonds is 6. The molecule has 11 nitrogen and oxygen atoms in total. The maximum absolute atomic E-state index is 12.4. The summed E-state index contributed by atoms with van der Waals surface area (Å²) in [6.45, 7) is 0.274. The number of carbonyl (C=O) groups is 1. The van der Waals surface area contributed by atoms with Crippen molar-refractivity contribution in [3.05, 3.63) is 11.8 Å². The largest absolute Gasteiger partial charge is 0.423 e. The molecule has 3 N–H and O–H groups in total. The summed E-state index contributed by atoms with van der Waals surface area (Å²) < 4.78 is 40.8. The molecule has 0 spiro atoms. The Labute approximate surface area is 150 Å². The lowest BCUT2D eigenvalue weighted by Gasteiger charge is -2.32. The van der Waals surface area contributed by atoms with Crippen LogP contribution in [0.5, 0.6) is 0 Å². The summed E-state index contributed by atoms with van der Waals surface area (Å²) in [5, 5.41) is 8.83. The number of nitrogens with zero attached hydrogens (tertiary/aromatic N) is 4. The second-order valence-electron chi connectivity index (χ2n) is 7.18. The minimum Gasteiger partial charge on any atom is -0.423 e. The first-order valence-electron chi connectivity index (χ1n) is 8.65. The number of hydrogen-bond acceptors (Lipinski definition) is 8. The normalized spacial score (nSPS) is 31.4. The van der Waals surface area contributed by atoms with Crippen LogP contribution in [0.3, 0.4) is 0 Å². The van der Waals surface area contributed by atoms with Gasteiger partial charge in [-0.1, -0.05) is 0 Å². The van der Waals surface area contributed by atoms with Gasteiger partial charge in [-0.3, -0.25) is 4.55 Å². The third-order valence-electron chi connectivity index (χ3n) is 5.30. The van der Waals surface area contributed by atoms with E-state index in [0.29, 0.717) is 48.1 Å². The predicted octanol–water partition coefficient (Wildman–Crippen LogP) is 0.415. The molecule has 2 bridgehead atoms. The van der Waals surface area contributed by atoms with Gasteiger partial charge in [0.1, 0.15) is 6.04 Å². The minimum atomic E-state index is -4.76. The predicted molar refractivity (Wildman–Crippen MR) is 85.7 cm³/mol. The smallest absolute Gasteiger partial charge is 0.418 e. The van der Waals surface area contributed by atoms with Gasteiger partial charge in [0.25, 0.3) is 0 Å². The molecule has 2 aliphatic heterocycles. The fraction of sp³-hybridized carbons (Fsp3) is 0.786. The molecule has 0 unspecified atom stereocenters. The second-order valence-corrected chi connectivity index (χ2v) is 8.18. The fourth-order valence-electron chi connectivity index (χ4n) is 3.94. The second kappa shape index (κ2) is 6.44. The highest BCUT2D eigenvalue weighted by molar-refractivity contribution is 7.80. The molecule has 0 radical (unpaired) electrons. The molecule has 3 heterocycles. The van der Waals surface area contributed by atoms with E-state index in [9.17, 15) is 13.2 Å². The molecule has 3 fully saturated rings. The number of urea groups is 1. The number of carbonyl (C=O) groups excluding carboxylic acids is 1. The molecule has 2 atom stereocenters. The Bertz CT molecular complexity index is 792. The number of hydrogen-bond donors (Lipinski definition) is 2. The standard InChI is InChI=1S/C14H21N5O6S/c15-9-5-8(6-9)1-4-12-16-17-13(24-12)11-3-2-10-7-18(11)14(20)19(10)25-26(21,22)23/h8-11H,1-7,15H2,(H,21,22,23)/t8?,9?,10-,11+/m1/s1.